The number of carbonyl (C=O) groups excluding carboxylic acids is 3. The summed E-state index contributed by atoms with van der Waals surface area (Å²) in [5, 5.41) is 31.4. The zero-order valence-corrected chi connectivity index (χ0v) is 45.9. The van der Waals surface area contributed by atoms with Crippen molar-refractivity contribution in [3.63, 3.8) is 0 Å². The molecule has 6 atom stereocenters. The van der Waals surface area contributed by atoms with Gasteiger partial charge in [-0.3, -0.25) is 14.4 Å². The largest absolute Gasteiger partial charge is 0.479 e. The average molecular weight is 1030 g/mol. The number of aliphatic hydroxyl groups is 2. The number of aliphatic hydroxyl groups excluding tert-OH is 2. The van der Waals surface area contributed by atoms with Crippen molar-refractivity contribution >= 4 is 23.9 Å². The molecule has 1 heterocycles. The van der Waals surface area contributed by atoms with Crippen molar-refractivity contribution in [2.75, 3.05) is 13.2 Å². The number of rotatable bonds is 48. The Bertz CT molecular complexity index is 1550. The summed E-state index contributed by atoms with van der Waals surface area (Å²) in [5.74, 6) is -3.17. The summed E-state index contributed by atoms with van der Waals surface area (Å²) in [6, 6.07) is 0. The van der Waals surface area contributed by atoms with Crippen LogP contribution in [0.4, 0.5) is 0 Å². The van der Waals surface area contributed by atoms with E-state index in [1.165, 1.54) is 64.2 Å². The lowest BCUT2D eigenvalue weighted by Crippen LogP contribution is -2.61. The number of esters is 3. The molecule has 0 bridgehead atoms. The van der Waals surface area contributed by atoms with Crippen LogP contribution in [0.15, 0.2) is 72.9 Å². The SMILES string of the molecule is CC/C=C\C/C=C\C/C=C\C/C=C\CCCCCCC(=O)OCC(COC1OC(C(=O)O)C(O)C(O)C1OC(=O)CCCCCCC/C=C\C/C=C\CCCCC)OC(=O)CCCCCCCCCCCCC. The monoisotopic (exact) mass is 1030 g/mol. The van der Waals surface area contributed by atoms with Crippen molar-refractivity contribution in [1.29, 1.82) is 0 Å². The fourth-order valence-corrected chi connectivity index (χ4v) is 8.33. The van der Waals surface area contributed by atoms with Gasteiger partial charge in [-0.05, 0) is 89.9 Å². The van der Waals surface area contributed by atoms with Crippen molar-refractivity contribution in [2.24, 2.45) is 0 Å². The van der Waals surface area contributed by atoms with Gasteiger partial charge >= 0.3 is 23.9 Å². The first-order valence-electron chi connectivity index (χ1n) is 28.9. The molecule has 0 aromatic heterocycles. The molecule has 0 amide bonds. The molecule has 0 aliphatic carbocycles. The standard InChI is InChI=1S/C61H102O12/c1-4-7-10-13-16-19-22-24-26-27-29-30-33-35-38-41-44-47-53(62)69-50-52(71-54(63)48-45-42-39-36-32-21-18-15-12-9-6-3)51-70-61-59(57(66)56(65)58(73-61)60(67)68)72-55(64)49-46-43-40-37-34-31-28-25-23-20-17-14-11-8-5-2/h7,10,16-17,19-20,24-26,28-30,52,56-59,61,65-66H,4-6,8-9,11-15,18,21-23,27,31-51H2,1-3H3,(H,67,68)/b10-7-,19-16-,20-17-,26-24-,28-25-,30-29-. The summed E-state index contributed by atoms with van der Waals surface area (Å²) in [7, 11) is 0. The maximum Gasteiger partial charge on any atom is 0.335 e. The first kappa shape index (κ1) is 67.2. The second-order valence-corrected chi connectivity index (χ2v) is 19.5. The molecular formula is C61H102O12. The summed E-state index contributed by atoms with van der Waals surface area (Å²) in [6.45, 7) is 5.81. The number of ether oxygens (including phenoxy) is 5. The van der Waals surface area contributed by atoms with Gasteiger partial charge in [0.05, 0.1) is 6.61 Å². The molecule has 12 nitrogen and oxygen atoms in total. The number of unbranched alkanes of at least 4 members (excludes halogenated alkanes) is 22. The lowest BCUT2D eigenvalue weighted by molar-refractivity contribution is -0.301. The van der Waals surface area contributed by atoms with Crippen LogP contribution in [0.2, 0.25) is 0 Å². The van der Waals surface area contributed by atoms with Crippen LogP contribution in [0.3, 0.4) is 0 Å². The quantitative estimate of drug-likeness (QED) is 0.0228. The van der Waals surface area contributed by atoms with E-state index in [2.05, 4.69) is 93.7 Å². The summed E-state index contributed by atoms with van der Waals surface area (Å²) >= 11 is 0. The van der Waals surface area contributed by atoms with E-state index in [0.717, 1.165) is 116 Å². The van der Waals surface area contributed by atoms with Crippen molar-refractivity contribution in [3.05, 3.63) is 72.9 Å². The number of carboxylic acid groups (broad SMARTS) is 1. The van der Waals surface area contributed by atoms with Crippen LogP contribution in [0.1, 0.15) is 239 Å². The molecule has 6 unspecified atom stereocenters. The van der Waals surface area contributed by atoms with E-state index >= 15 is 0 Å². The van der Waals surface area contributed by atoms with E-state index in [0.29, 0.717) is 19.3 Å². The molecule has 1 saturated heterocycles. The molecule has 0 aromatic rings. The van der Waals surface area contributed by atoms with E-state index in [1.807, 2.05) is 0 Å². The fraction of sp³-hybridized carbons (Fsp3) is 0.738. The second-order valence-electron chi connectivity index (χ2n) is 19.5. The third-order valence-electron chi connectivity index (χ3n) is 12.8. The Morgan fingerprint density at radius 3 is 1.34 bits per heavy atom. The minimum atomic E-state index is -1.91. The van der Waals surface area contributed by atoms with Crippen LogP contribution in [0.25, 0.3) is 0 Å². The average Bonchev–Trinajstić information content (AvgIpc) is 3.37. The van der Waals surface area contributed by atoms with Crippen molar-refractivity contribution in [2.45, 2.75) is 276 Å². The van der Waals surface area contributed by atoms with Gasteiger partial charge in [0.2, 0.25) is 0 Å². The Hall–Kier alpha value is -3.84. The number of hydrogen-bond acceptors (Lipinski definition) is 11. The highest BCUT2D eigenvalue weighted by Gasteiger charge is 2.50. The summed E-state index contributed by atoms with van der Waals surface area (Å²) in [5.41, 5.74) is 0. The highest BCUT2D eigenvalue weighted by Crippen LogP contribution is 2.26. The fourth-order valence-electron chi connectivity index (χ4n) is 8.33. The molecule has 73 heavy (non-hydrogen) atoms. The first-order valence-corrected chi connectivity index (χ1v) is 28.9. The zero-order chi connectivity index (χ0) is 53.3. The summed E-state index contributed by atoms with van der Waals surface area (Å²) < 4.78 is 28.4. The Balaban J connectivity index is 2.71. The lowest BCUT2D eigenvalue weighted by atomic mass is 9.98. The Labute approximate surface area is 442 Å². The molecule has 1 rings (SSSR count). The van der Waals surface area contributed by atoms with Crippen LogP contribution in [-0.2, 0) is 42.9 Å². The van der Waals surface area contributed by atoms with Gasteiger partial charge in [0.15, 0.2) is 24.6 Å². The highest BCUT2D eigenvalue weighted by molar-refractivity contribution is 5.74. The number of carbonyl (C=O) groups is 4. The van der Waals surface area contributed by atoms with Gasteiger partial charge in [-0.2, -0.15) is 0 Å². The highest BCUT2D eigenvalue weighted by atomic mass is 16.7. The molecule has 0 radical (unpaired) electrons. The zero-order valence-electron chi connectivity index (χ0n) is 45.9. The predicted octanol–water partition coefficient (Wildman–Crippen LogP) is 14.6. The van der Waals surface area contributed by atoms with Crippen LogP contribution in [0.5, 0.6) is 0 Å². The molecule has 0 saturated carbocycles. The maximum absolute atomic E-state index is 13.1. The van der Waals surface area contributed by atoms with E-state index < -0.39 is 67.3 Å². The minimum absolute atomic E-state index is 0.0411. The number of hydrogen-bond donors (Lipinski definition) is 3. The topological polar surface area (TPSA) is 175 Å². The van der Waals surface area contributed by atoms with Gasteiger partial charge in [-0.25, -0.2) is 4.79 Å². The third-order valence-corrected chi connectivity index (χ3v) is 12.8. The van der Waals surface area contributed by atoms with E-state index in [4.69, 9.17) is 23.7 Å². The van der Waals surface area contributed by atoms with Crippen LogP contribution >= 0.6 is 0 Å². The number of allylic oxidation sites excluding steroid dienone is 12. The smallest absolute Gasteiger partial charge is 0.335 e. The van der Waals surface area contributed by atoms with Crippen molar-refractivity contribution < 1.29 is 58.2 Å². The molecule has 0 aromatic carbocycles. The first-order chi connectivity index (χ1) is 35.6. The molecule has 1 aliphatic heterocycles. The lowest BCUT2D eigenvalue weighted by Gasteiger charge is -2.40. The van der Waals surface area contributed by atoms with E-state index in [1.54, 1.807) is 0 Å². The third kappa shape index (κ3) is 39.3. The minimum Gasteiger partial charge on any atom is -0.479 e. The van der Waals surface area contributed by atoms with Crippen molar-refractivity contribution in [3.8, 4) is 0 Å². The van der Waals surface area contributed by atoms with Gasteiger partial charge in [0, 0.05) is 19.3 Å². The molecular weight excluding hydrogens is 925 g/mol. The molecule has 0 spiro atoms. The molecule has 1 fully saturated rings. The Morgan fingerprint density at radius 1 is 0.466 bits per heavy atom. The summed E-state index contributed by atoms with van der Waals surface area (Å²) in [6.07, 6.45) is 48.7. The molecule has 1 aliphatic rings. The molecule has 418 valence electrons. The van der Waals surface area contributed by atoms with Crippen LogP contribution in [0, 0.1) is 0 Å². The van der Waals surface area contributed by atoms with Crippen LogP contribution < -0.4 is 0 Å². The van der Waals surface area contributed by atoms with E-state index in [9.17, 15) is 34.5 Å². The number of aliphatic carboxylic acids is 1. The number of carboxylic acids is 1. The van der Waals surface area contributed by atoms with Gasteiger partial charge in [-0.15, -0.1) is 0 Å². The Kier molecular flexibility index (Phi) is 45.1. The molecule has 12 heteroatoms. The van der Waals surface area contributed by atoms with Gasteiger partial charge < -0.3 is 39.0 Å². The van der Waals surface area contributed by atoms with Gasteiger partial charge in [0.25, 0.3) is 0 Å². The van der Waals surface area contributed by atoms with Gasteiger partial charge in [-0.1, -0.05) is 203 Å². The van der Waals surface area contributed by atoms with Gasteiger partial charge in [0.1, 0.15) is 18.8 Å². The second kappa shape index (κ2) is 49.1. The van der Waals surface area contributed by atoms with Crippen LogP contribution in [-0.4, -0.2) is 89.2 Å². The molecule has 3 N–H and O–H groups in total. The summed E-state index contributed by atoms with van der Waals surface area (Å²) in [4.78, 5) is 51.0. The maximum atomic E-state index is 13.1. The Morgan fingerprint density at radius 2 is 0.863 bits per heavy atom. The predicted molar refractivity (Wildman–Crippen MR) is 294 cm³/mol. The van der Waals surface area contributed by atoms with Crippen molar-refractivity contribution in [1.82, 2.24) is 0 Å². The van der Waals surface area contributed by atoms with E-state index in [-0.39, 0.29) is 25.9 Å². The normalized spacial score (nSPS) is 18.8.